The molecule has 0 aliphatic carbocycles. The second kappa shape index (κ2) is 10.3. The van der Waals surface area contributed by atoms with Crippen molar-refractivity contribution in [2.45, 2.75) is 19.0 Å². The summed E-state index contributed by atoms with van der Waals surface area (Å²) in [4.78, 5) is 13.8. The summed E-state index contributed by atoms with van der Waals surface area (Å²) in [6.45, 7) is 4.20. The average Bonchev–Trinajstić information content (AvgIpc) is 3.40. The number of methoxy groups -OCH3 is 2. The third kappa shape index (κ3) is 4.95. The molecule has 1 N–H and O–H groups in total. The maximum absolute atomic E-state index is 12.6. The van der Waals surface area contributed by atoms with E-state index in [4.69, 9.17) is 9.47 Å². The third-order valence-corrected chi connectivity index (χ3v) is 7.34. The minimum Gasteiger partial charge on any atom is -0.497 e. The molecular weight excluding hydrogens is 468 g/mol. The van der Waals surface area contributed by atoms with Gasteiger partial charge in [0, 0.05) is 34.5 Å². The van der Waals surface area contributed by atoms with Crippen molar-refractivity contribution in [2.24, 2.45) is 7.05 Å². The number of hydrogen-bond donors (Lipinski definition) is 1. The molecule has 4 rings (SSSR count). The molecule has 2 aromatic heterocycles. The van der Waals surface area contributed by atoms with Crippen LogP contribution in [0.2, 0.25) is 0 Å². The van der Waals surface area contributed by atoms with Crippen molar-refractivity contribution in [1.82, 2.24) is 14.8 Å². The fraction of sp³-hybridized carbons (Fsp3) is 0.240. The first-order valence-electron chi connectivity index (χ1n) is 10.6. The second-order valence-corrected chi connectivity index (χ2v) is 9.74. The van der Waals surface area contributed by atoms with Crippen LogP contribution in [0.1, 0.15) is 10.4 Å². The van der Waals surface area contributed by atoms with Gasteiger partial charge in [-0.2, -0.15) is 0 Å². The van der Waals surface area contributed by atoms with Crippen LogP contribution in [0, 0.1) is 13.8 Å². The van der Waals surface area contributed by atoms with E-state index in [2.05, 4.69) is 59.0 Å². The van der Waals surface area contributed by atoms with Gasteiger partial charge in [0.1, 0.15) is 11.5 Å². The second-order valence-electron chi connectivity index (χ2n) is 7.71. The summed E-state index contributed by atoms with van der Waals surface area (Å²) in [6.07, 6.45) is 0. The molecule has 2 heterocycles. The molecule has 0 aliphatic rings. The monoisotopic (exact) mass is 494 g/mol. The number of ether oxygens (including phenoxy) is 2. The molecule has 2 aromatic carbocycles. The maximum atomic E-state index is 12.6. The van der Waals surface area contributed by atoms with E-state index >= 15 is 0 Å². The van der Waals surface area contributed by atoms with E-state index in [0.717, 1.165) is 17.0 Å². The molecule has 1 amide bonds. The molecule has 0 saturated heterocycles. The van der Waals surface area contributed by atoms with E-state index in [-0.39, 0.29) is 11.7 Å². The molecule has 4 aromatic rings. The highest BCUT2D eigenvalue weighted by Crippen LogP contribution is 2.39. The van der Waals surface area contributed by atoms with Gasteiger partial charge in [0.15, 0.2) is 11.0 Å². The Hall–Kier alpha value is -3.30. The number of nitrogens with one attached hydrogen (secondary N) is 1. The first-order chi connectivity index (χ1) is 16.4. The number of aromatic nitrogens is 3. The number of amides is 1. The van der Waals surface area contributed by atoms with Crippen molar-refractivity contribution in [3.63, 3.8) is 0 Å². The van der Waals surface area contributed by atoms with Crippen molar-refractivity contribution in [3.8, 4) is 34.0 Å². The van der Waals surface area contributed by atoms with Gasteiger partial charge < -0.3 is 19.4 Å². The summed E-state index contributed by atoms with van der Waals surface area (Å²) in [5.74, 6) is 2.00. The van der Waals surface area contributed by atoms with Gasteiger partial charge in [0.25, 0.3) is 0 Å². The number of benzene rings is 2. The lowest BCUT2D eigenvalue weighted by atomic mass is 10.0. The number of thioether (sulfide) groups is 1. The minimum absolute atomic E-state index is 0.162. The molecule has 0 fully saturated rings. The fourth-order valence-electron chi connectivity index (χ4n) is 3.59. The Labute approximate surface area is 207 Å². The normalized spacial score (nSPS) is 10.9. The zero-order valence-corrected chi connectivity index (χ0v) is 21.3. The number of carbonyl (C=O) groups is 1. The third-order valence-electron chi connectivity index (χ3n) is 5.41. The van der Waals surface area contributed by atoms with Gasteiger partial charge in [0.2, 0.25) is 5.91 Å². The van der Waals surface area contributed by atoms with Crippen molar-refractivity contribution in [1.29, 1.82) is 0 Å². The Morgan fingerprint density at radius 1 is 1.09 bits per heavy atom. The van der Waals surface area contributed by atoms with Gasteiger partial charge in [0.05, 0.1) is 25.7 Å². The van der Waals surface area contributed by atoms with Crippen LogP contribution in [0.25, 0.3) is 22.5 Å². The highest BCUT2D eigenvalue weighted by molar-refractivity contribution is 7.99. The van der Waals surface area contributed by atoms with Crippen molar-refractivity contribution in [3.05, 3.63) is 58.3 Å². The molecular formula is C25H26N4O3S2. The molecule has 7 nitrogen and oxygen atoms in total. The number of aryl methyl sites for hydroxylation is 2. The van der Waals surface area contributed by atoms with Crippen molar-refractivity contribution < 1.29 is 14.3 Å². The summed E-state index contributed by atoms with van der Waals surface area (Å²) in [6, 6.07) is 13.8. The summed E-state index contributed by atoms with van der Waals surface area (Å²) >= 11 is 3.03. The van der Waals surface area contributed by atoms with Gasteiger partial charge in [-0.3, -0.25) is 4.79 Å². The molecule has 0 atom stereocenters. The van der Waals surface area contributed by atoms with Crippen LogP contribution in [0.3, 0.4) is 0 Å². The summed E-state index contributed by atoms with van der Waals surface area (Å²) < 4.78 is 12.5. The molecule has 34 heavy (non-hydrogen) atoms. The van der Waals surface area contributed by atoms with E-state index in [1.807, 2.05) is 11.6 Å². The van der Waals surface area contributed by atoms with Gasteiger partial charge in [-0.25, -0.2) is 0 Å². The molecule has 0 bridgehead atoms. The Balaban J connectivity index is 1.49. The lowest BCUT2D eigenvalue weighted by Crippen LogP contribution is -2.15. The molecule has 176 valence electrons. The molecule has 0 saturated carbocycles. The largest absolute Gasteiger partial charge is 0.497 e. The van der Waals surface area contributed by atoms with E-state index in [1.54, 1.807) is 43.8 Å². The Morgan fingerprint density at radius 3 is 2.56 bits per heavy atom. The van der Waals surface area contributed by atoms with Crippen LogP contribution in [0.4, 0.5) is 5.69 Å². The van der Waals surface area contributed by atoms with Crippen LogP contribution in [-0.4, -0.2) is 40.6 Å². The standard InChI is InChI=1S/C25H26N4O3S2/c1-15-6-8-17(9-7-15)23-16(2)33-13-19(23)24-27-28-25(29(24)3)34-14-22(30)26-20-11-10-18(31-4)12-21(20)32-5/h6-13H,14H2,1-5H3,(H,26,30). The van der Waals surface area contributed by atoms with E-state index in [1.165, 1.54) is 27.8 Å². The quantitative estimate of drug-likeness (QED) is 0.323. The van der Waals surface area contributed by atoms with Crippen LogP contribution >= 0.6 is 23.1 Å². The number of carbonyl (C=O) groups excluding carboxylic acids is 1. The Kier molecular flexibility index (Phi) is 7.23. The van der Waals surface area contributed by atoms with E-state index in [9.17, 15) is 4.79 Å². The molecule has 9 heteroatoms. The van der Waals surface area contributed by atoms with Gasteiger partial charge >= 0.3 is 0 Å². The highest BCUT2D eigenvalue weighted by Gasteiger charge is 2.19. The zero-order chi connectivity index (χ0) is 24.2. The molecule has 0 radical (unpaired) electrons. The number of thiophene rings is 1. The molecule has 0 unspecified atom stereocenters. The van der Waals surface area contributed by atoms with Gasteiger partial charge in [-0.05, 0) is 31.5 Å². The predicted octanol–water partition coefficient (Wildman–Crippen LogP) is 5.58. The first kappa shape index (κ1) is 23.8. The average molecular weight is 495 g/mol. The fourth-order valence-corrected chi connectivity index (χ4v) is 5.17. The number of hydrogen-bond acceptors (Lipinski definition) is 7. The smallest absolute Gasteiger partial charge is 0.234 e. The topological polar surface area (TPSA) is 78.3 Å². The van der Waals surface area contributed by atoms with Crippen LogP contribution in [-0.2, 0) is 11.8 Å². The van der Waals surface area contributed by atoms with Gasteiger partial charge in [-0.15, -0.1) is 21.5 Å². The predicted molar refractivity (Wildman–Crippen MR) is 138 cm³/mol. The molecule has 0 aliphatic heterocycles. The Morgan fingerprint density at radius 2 is 1.85 bits per heavy atom. The number of rotatable bonds is 8. The van der Waals surface area contributed by atoms with E-state index in [0.29, 0.717) is 22.3 Å². The van der Waals surface area contributed by atoms with E-state index < -0.39 is 0 Å². The van der Waals surface area contributed by atoms with Crippen LogP contribution < -0.4 is 14.8 Å². The number of anilines is 1. The summed E-state index contributed by atoms with van der Waals surface area (Å²) in [5.41, 5.74) is 5.18. The maximum Gasteiger partial charge on any atom is 0.234 e. The highest BCUT2D eigenvalue weighted by atomic mass is 32.2. The summed E-state index contributed by atoms with van der Waals surface area (Å²) in [7, 11) is 5.06. The lowest BCUT2D eigenvalue weighted by Gasteiger charge is -2.11. The Bertz CT molecular complexity index is 1310. The van der Waals surface area contributed by atoms with Crippen molar-refractivity contribution >= 4 is 34.7 Å². The zero-order valence-electron chi connectivity index (χ0n) is 19.7. The van der Waals surface area contributed by atoms with Crippen molar-refractivity contribution in [2.75, 3.05) is 25.3 Å². The van der Waals surface area contributed by atoms with Gasteiger partial charge in [-0.1, -0.05) is 41.6 Å². The minimum atomic E-state index is -0.162. The summed E-state index contributed by atoms with van der Waals surface area (Å²) in [5, 5.41) is 14.5. The van der Waals surface area contributed by atoms with Crippen LogP contribution in [0.15, 0.2) is 53.0 Å². The number of nitrogens with zero attached hydrogens (tertiary/aromatic N) is 3. The SMILES string of the molecule is COc1ccc(NC(=O)CSc2nnc(-c3csc(C)c3-c3ccc(C)cc3)n2C)c(OC)c1. The first-order valence-corrected chi connectivity index (χ1v) is 12.5. The molecule has 0 spiro atoms. The van der Waals surface area contributed by atoms with Crippen LogP contribution in [0.5, 0.6) is 11.5 Å². The lowest BCUT2D eigenvalue weighted by molar-refractivity contribution is -0.113.